The maximum atomic E-state index is 12.7. The van der Waals surface area contributed by atoms with Crippen LogP contribution in [0.2, 0.25) is 0 Å². The summed E-state index contributed by atoms with van der Waals surface area (Å²) in [6.45, 7) is 9.82. The maximum Gasteiger partial charge on any atom is 0.410 e. The van der Waals surface area contributed by atoms with Gasteiger partial charge in [-0.1, -0.05) is 37.3 Å². The summed E-state index contributed by atoms with van der Waals surface area (Å²) >= 11 is 0. The Morgan fingerprint density at radius 3 is 2.32 bits per heavy atom. The van der Waals surface area contributed by atoms with Crippen molar-refractivity contribution in [2.45, 2.75) is 45.8 Å². The van der Waals surface area contributed by atoms with Crippen LogP contribution in [0.5, 0.6) is 0 Å². The van der Waals surface area contributed by atoms with Crippen LogP contribution in [0, 0.1) is 11.8 Å². The van der Waals surface area contributed by atoms with Gasteiger partial charge in [-0.15, -0.1) is 0 Å². The zero-order chi connectivity index (χ0) is 18.2. The monoisotopic (exact) mass is 344 g/mol. The van der Waals surface area contributed by atoms with Crippen LogP contribution in [-0.4, -0.2) is 47.0 Å². The van der Waals surface area contributed by atoms with E-state index < -0.39 is 5.60 Å². The molecule has 5 nitrogen and oxygen atoms in total. The van der Waals surface area contributed by atoms with Crippen molar-refractivity contribution in [1.29, 1.82) is 0 Å². The van der Waals surface area contributed by atoms with Crippen LogP contribution in [0.3, 0.4) is 0 Å². The first kappa shape index (κ1) is 17.8. The topological polar surface area (TPSA) is 49.9 Å². The van der Waals surface area contributed by atoms with E-state index in [1.165, 1.54) is 5.56 Å². The minimum atomic E-state index is -0.478. The molecule has 2 aliphatic rings. The molecule has 0 aliphatic carbocycles. The zero-order valence-electron chi connectivity index (χ0n) is 15.6. The SMILES string of the molecule is C[C@H]1CN(C(=O)CC2CN(C(=O)OC(C)(C)C)C2)[C@@H]1c1ccccc1. The minimum absolute atomic E-state index is 0.190. The van der Waals surface area contributed by atoms with Crippen LogP contribution in [0.1, 0.15) is 45.7 Å². The standard InChI is InChI=1S/C20H28N2O3/c1-14-11-22(18(14)16-8-6-5-7-9-16)17(23)10-15-12-21(13-15)19(24)25-20(2,3)4/h5-9,14-15,18H,10-13H2,1-4H3/t14-,18-/m0/s1. The van der Waals surface area contributed by atoms with E-state index in [1.54, 1.807) is 4.90 Å². The fraction of sp³-hybridized carbons (Fsp3) is 0.600. The van der Waals surface area contributed by atoms with Crippen LogP contribution in [0.25, 0.3) is 0 Å². The van der Waals surface area contributed by atoms with E-state index in [0.29, 0.717) is 25.4 Å². The molecule has 0 spiro atoms. The third-order valence-electron chi connectivity index (χ3n) is 4.89. The maximum absolute atomic E-state index is 12.7. The first-order valence-electron chi connectivity index (χ1n) is 9.07. The molecule has 0 unspecified atom stereocenters. The van der Waals surface area contributed by atoms with Crippen LogP contribution in [0.15, 0.2) is 30.3 Å². The highest BCUT2D eigenvalue weighted by Crippen LogP contribution is 2.39. The molecule has 0 saturated carbocycles. The summed E-state index contributed by atoms with van der Waals surface area (Å²) in [6.07, 6.45) is 0.228. The summed E-state index contributed by atoms with van der Waals surface area (Å²) in [7, 11) is 0. The van der Waals surface area contributed by atoms with Gasteiger partial charge in [0.05, 0.1) is 6.04 Å². The lowest BCUT2D eigenvalue weighted by molar-refractivity contribution is -0.146. The number of hydrogen-bond donors (Lipinski definition) is 0. The third-order valence-corrected chi connectivity index (χ3v) is 4.89. The molecular weight excluding hydrogens is 316 g/mol. The van der Waals surface area contributed by atoms with E-state index in [-0.39, 0.29) is 24.0 Å². The molecule has 25 heavy (non-hydrogen) atoms. The van der Waals surface area contributed by atoms with Crippen molar-refractivity contribution < 1.29 is 14.3 Å². The summed E-state index contributed by atoms with van der Waals surface area (Å²) < 4.78 is 5.36. The second-order valence-corrected chi connectivity index (χ2v) is 8.33. The number of ether oxygens (including phenoxy) is 1. The van der Waals surface area contributed by atoms with E-state index >= 15 is 0 Å². The average molecular weight is 344 g/mol. The molecule has 2 aliphatic heterocycles. The number of hydrogen-bond acceptors (Lipinski definition) is 3. The number of amides is 2. The molecule has 1 aromatic carbocycles. The lowest BCUT2D eigenvalue weighted by Gasteiger charge is -2.48. The molecule has 2 fully saturated rings. The summed E-state index contributed by atoms with van der Waals surface area (Å²) in [4.78, 5) is 28.3. The highest BCUT2D eigenvalue weighted by atomic mass is 16.6. The van der Waals surface area contributed by atoms with Crippen LogP contribution in [0.4, 0.5) is 4.79 Å². The van der Waals surface area contributed by atoms with E-state index in [1.807, 2.05) is 43.9 Å². The van der Waals surface area contributed by atoms with E-state index in [9.17, 15) is 9.59 Å². The normalized spacial score (nSPS) is 23.7. The molecule has 2 saturated heterocycles. The molecule has 0 radical (unpaired) electrons. The van der Waals surface area contributed by atoms with Gasteiger partial charge >= 0.3 is 6.09 Å². The van der Waals surface area contributed by atoms with Crippen molar-refractivity contribution in [2.24, 2.45) is 11.8 Å². The predicted molar refractivity (Wildman–Crippen MR) is 96.0 cm³/mol. The smallest absolute Gasteiger partial charge is 0.410 e. The molecule has 0 bridgehead atoms. The largest absolute Gasteiger partial charge is 0.444 e. The van der Waals surface area contributed by atoms with Crippen LogP contribution >= 0.6 is 0 Å². The zero-order valence-corrected chi connectivity index (χ0v) is 15.6. The average Bonchev–Trinajstić information content (AvgIpc) is 2.46. The predicted octanol–water partition coefficient (Wildman–Crippen LogP) is 3.46. The quantitative estimate of drug-likeness (QED) is 0.844. The van der Waals surface area contributed by atoms with Gasteiger partial charge in [-0.05, 0) is 32.3 Å². The Morgan fingerprint density at radius 1 is 1.12 bits per heavy atom. The van der Waals surface area contributed by atoms with E-state index in [0.717, 1.165) is 6.54 Å². The van der Waals surface area contributed by atoms with Gasteiger partial charge in [-0.25, -0.2) is 4.79 Å². The van der Waals surface area contributed by atoms with Gasteiger partial charge in [0.25, 0.3) is 0 Å². The Hall–Kier alpha value is -2.04. The lowest BCUT2D eigenvalue weighted by atomic mass is 9.83. The number of carbonyl (C=O) groups is 2. The third kappa shape index (κ3) is 3.97. The van der Waals surface area contributed by atoms with Gasteiger partial charge < -0.3 is 14.5 Å². The van der Waals surface area contributed by atoms with Gasteiger partial charge in [-0.3, -0.25) is 4.79 Å². The second-order valence-electron chi connectivity index (χ2n) is 8.33. The Bertz CT molecular complexity index is 632. The lowest BCUT2D eigenvalue weighted by Crippen LogP contribution is -2.55. The summed E-state index contributed by atoms with van der Waals surface area (Å²) in [5.41, 5.74) is 0.730. The Morgan fingerprint density at radius 2 is 1.76 bits per heavy atom. The van der Waals surface area contributed by atoms with Crippen LogP contribution in [-0.2, 0) is 9.53 Å². The number of likely N-dealkylation sites (tertiary alicyclic amines) is 2. The van der Waals surface area contributed by atoms with Crippen molar-refractivity contribution in [3.8, 4) is 0 Å². The van der Waals surface area contributed by atoms with Gasteiger partial charge in [0.15, 0.2) is 0 Å². The number of rotatable bonds is 3. The summed E-state index contributed by atoms with van der Waals surface area (Å²) in [6, 6.07) is 10.4. The fourth-order valence-corrected chi connectivity index (χ4v) is 3.65. The van der Waals surface area contributed by atoms with Crippen molar-refractivity contribution in [3.05, 3.63) is 35.9 Å². The molecule has 2 heterocycles. The molecule has 1 aromatic rings. The Labute approximate surface area is 149 Å². The molecule has 136 valence electrons. The van der Waals surface area contributed by atoms with Crippen LogP contribution < -0.4 is 0 Å². The summed E-state index contributed by atoms with van der Waals surface area (Å²) in [5.74, 6) is 0.930. The first-order valence-corrected chi connectivity index (χ1v) is 9.07. The summed E-state index contributed by atoms with van der Waals surface area (Å²) in [5, 5.41) is 0. The Balaban J connectivity index is 1.49. The van der Waals surface area contributed by atoms with Gasteiger partial charge in [0, 0.05) is 32.0 Å². The van der Waals surface area contributed by atoms with Gasteiger partial charge in [0.1, 0.15) is 5.60 Å². The van der Waals surface area contributed by atoms with Crippen molar-refractivity contribution in [3.63, 3.8) is 0 Å². The number of nitrogens with zero attached hydrogens (tertiary/aromatic N) is 2. The molecule has 5 heteroatoms. The number of benzene rings is 1. The van der Waals surface area contributed by atoms with Gasteiger partial charge in [-0.2, -0.15) is 0 Å². The fourth-order valence-electron chi connectivity index (χ4n) is 3.65. The van der Waals surface area contributed by atoms with Crippen molar-refractivity contribution in [2.75, 3.05) is 19.6 Å². The van der Waals surface area contributed by atoms with E-state index in [2.05, 4.69) is 19.1 Å². The van der Waals surface area contributed by atoms with Gasteiger partial charge in [0.2, 0.25) is 5.91 Å². The van der Waals surface area contributed by atoms with Crippen molar-refractivity contribution in [1.82, 2.24) is 9.80 Å². The minimum Gasteiger partial charge on any atom is -0.444 e. The molecular formula is C20H28N2O3. The second kappa shape index (κ2) is 6.70. The first-order chi connectivity index (χ1) is 11.7. The molecule has 3 rings (SSSR count). The molecule has 0 aromatic heterocycles. The highest BCUT2D eigenvalue weighted by molar-refractivity contribution is 5.78. The number of carbonyl (C=O) groups excluding carboxylic acids is 2. The van der Waals surface area contributed by atoms with E-state index in [4.69, 9.17) is 4.74 Å². The van der Waals surface area contributed by atoms with Crippen molar-refractivity contribution >= 4 is 12.0 Å². The highest BCUT2D eigenvalue weighted by Gasteiger charge is 2.42. The molecule has 2 atom stereocenters. The molecule has 2 amide bonds. The molecule has 0 N–H and O–H groups in total. The Kier molecular flexibility index (Phi) is 4.76.